The molecule has 0 heterocycles. The van der Waals surface area contributed by atoms with Gasteiger partial charge in [-0.15, -0.1) is 0 Å². The maximum atomic E-state index is 6.03. The van der Waals surface area contributed by atoms with E-state index in [0.717, 1.165) is 19.5 Å². The molecular formula is C16H27N3. The average molecular weight is 261 g/mol. The minimum absolute atomic E-state index is 0.376. The third kappa shape index (κ3) is 3.87. The van der Waals surface area contributed by atoms with E-state index >= 15 is 0 Å². The van der Waals surface area contributed by atoms with Gasteiger partial charge >= 0.3 is 0 Å². The monoisotopic (exact) mass is 261 g/mol. The molecule has 1 aliphatic carbocycles. The highest BCUT2D eigenvalue weighted by Gasteiger charge is 2.18. The third-order valence-corrected chi connectivity index (χ3v) is 4.08. The molecule has 1 aliphatic rings. The molecule has 3 nitrogen and oxygen atoms in total. The molecular weight excluding hydrogens is 234 g/mol. The van der Waals surface area contributed by atoms with Crippen molar-refractivity contribution in [3.63, 3.8) is 0 Å². The minimum atomic E-state index is 0.376. The van der Waals surface area contributed by atoms with Crippen LogP contribution in [0.5, 0.6) is 0 Å². The molecule has 2 atom stereocenters. The molecule has 3 N–H and O–H groups in total. The van der Waals surface area contributed by atoms with E-state index in [1.165, 1.54) is 30.6 Å². The summed E-state index contributed by atoms with van der Waals surface area (Å²) >= 11 is 0. The van der Waals surface area contributed by atoms with Crippen molar-refractivity contribution in [3.05, 3.63) is 24.3 Å². The van der Waals surface area contributed by atoms with Gasteiger partial charge in [-0.05, 0) is 63.8 Å². The lowest BCUT2D eigenvalue weighted by molar-refractivity contribution is 0.409. The van der Waals surface area contributed by atoms with Crippen LogP contribution in [0.2, 0.25) is 0 Å². The molecule has 3 heteroatoms. The molecule has 1 aromatic rings. The Morgan fingerprint density at radius 2 is 1.84 bits per heavy atom. The van der Waals surface area contributed by atoms with Crippen molar-refractivity contribution in [1.29, 1.82) is 0 Å². The summed E-state index contributed by atoms with van der Waals surface area (Å²) in [5.41, 5.74) is 8.55. The lowest BCUT2D eigenvalue weighted by atomic mass is 9.91. The predicted octanol–water partition coefficient (Wildman–Crippen LogP) is 3.21. The summed E-state index contributed by atoms with van der Waals surface area (Å²) in [5, 5.41) is 3.61. The number of hydrogen-bond acceptors (Lipinski definition) is 3. The number of nitrogens with one attached hydrogen (secondary N) is 1. The molecule has 19 heavy (non-hydrogen) atoms. The van der Waals surface area contributed by atoms with Crippen molar-refractivity contribution in [1.82, 2.24) is 0 Å². The first-order valence-corrected chi connectivity index (χ1v) is 7.60. The first kappa shape index (κ1) is 14.2. The van der Waals surface area contributed by atoms with Gasteiger partial charge in [-0.25, -0.2) is 0 Å². The van der Waals surface area contributed by atoms with E-state index in [1.54, 1.807) is 0 Å². The van der Waals surface area contributed by atoms with Gasteiger partial charge in [0, 0.05) is 36.5 Å². The first-order valence-electron chi connectivity index (χ1n) is 7.60. The summed E-state index contributed by atoms with van der Waals surface area (Å²) in [4.78, 5) is 2.36. The summed E-state index contributed by atoms with van der Waals surface area (Å²) in [5.74, 6) is 0. The molecule has 0 aromatic heterocycles. The zero-order chi connectivity index (χ0) is 13.7. The van der Waals surface area contributed by atoms with Crippen LogP contribution in [0.3, 0.4) is 0 Å². The Labute approximate surface area is 117 Å². The van der Waals surface area contributed by atoms with Gasteiger partial charge in [0.1, 0.15) is 0 Å². The zero-order valence-electron chi connectivity index (χ0n) is 12.2. The molecule has 0 amide bonds. The van der Waals surface area contributed by atoms with Crippen molar-refractivity contribution in [2.75, 3.05) is 23.3 Å². The highest BCUT2D eigenvalue weighted by Crippen LogP contribution is 2.23. The van der Waals surface area contributed by atoms with Crippen molar-refractivity contribution >= 4 is 11.4 Å². The summed E-state index contributed by atoms with van der Waals surface area (Å²) in [6, 6.07) is 9.71. The van der Waals surface area contributed by atoms with E-state index in [4.69, 9.17) is 5.73 Å². The second-order valence-corrected chi connectivity index (χ2v) is 5.49. The van der Waals surface area contributed by atoms with Gasteiger partial charge in [-0.2, -0.15) is 0 Å². The Morgan fingerprint density at radius 3 is 2.42 bits per heavy atom. The number of nitrogens with two attached hydrogens (primary N) is 1. The van der Waals surface area contributed by atoms with Crippen LogP contribution < -0.4 is 16.0 Å². The minimum Gasteiger partial charge on any atom is -0.382 e. The second-order valence-electron chi connectivity index (χ2n) is 5.49. The van der Waals surface area contributed by atoms with Crippen molar-refractivity contribution in [3.8, 4) is 0 Å². The Kier molecular flexibility index (Phi) is 5.08. The van der Waals surface area contributed by atoms with Crippen LogP contribution in [0, 0.1) is 0 Å². The zero-order valence-corrected chi connectivity index (χ0v) is 12.2. The van der Waals surface area contributed by atoms with Crippen LogP contribution in [0.15, 0.2) is 24.3 Å². The molecule has 106 valence electrons. The highest BCUT2D eigenvalue weighted by molar-refractivity contribution is 5.55. The Hall–Kier alpha value is -1.22. The number of hydrogen-bond donors (Lipinski definition) is 2. The lowest BCUT2D eigenvalue weighted by Crippen LogP contribution is -2.34. The molecule has 1 saturated carbocycles. The topological polar surface area (TPSA) is 41.3 Å². The van der Waals surface area contributed by atoms with Gasteiger partial charge in [0.2, 0.25) is 0 Å². The molecule has 1 fully saturated rings. The van der Waals surface area contributed by atoms with Gasteiger partial charge < -0.3 is 16.0 Å². The fourth-order valence-electron chi connectivity index (χ4n) is 2.95. The molecule has 0 aliphatic heterocycles. The number of nitrogens with zero attached hydrogens (tertiary/aromatic N) is 1. The first-order chi connectivity index (χ1) is 9.22. The largest absolute Gasteiger partial charge is 0.382 e. The number of benzene rings is 1. The predicted molar refractivity (Wildman–Crippen MR) is 83.9 cm³/mol. The summed E-state index contributed by atoms with van der Waals surface area (Å²) in [6.45, 7) is 6.50. The van der Waals surface area contributed by atoms with Gasteiger partial charge in [0.25, 0.3) is 0 Å². The van der Waals surface area contributed by atoms with Crippen LogP contribution in [0.1, 0.15) is 39.5 Å². The number of rotatable bonds is 5. The molecule has 0 spiro atoms. The lowest BCUT2D eigenvalue weighted by Gasteiger charge is -2.28. The van der Waals surface area contributed by atoms with Crippen LogP contribution >= 0.6 is 0 Å². The molecule has 0 saturated heterocycles. The van der Waals surface area contributed by atoms with E-state index in [0.29, 0.717) is 12.1 Å². The highest BCUT2D eigenvalue weighted by atomic mass is 15.1. The second kappa shape index (κ2) is 6.80. The van der Waals surface area contributed by atoms with E-state index in [9.17, 15) is 0 Å². The van der Waals surface area contributed by atoms with Crippen molar-refractivity contribution in [2.45, 2.75) is 51.6 Å². The van der Waals surface area contributed by atoms with Crippen molar-refractivity contribution < 1.29 is 0 Å². The van der Waals surface area contributed by atoms with Crippen molar-refractivity contribution in [2.24, 2.45) is 5.73 Å². The molecule has 0 bridgehead atoms. The third-order valence-electron chi connectivity index (χ3n) is 4.08. The van der Waals surface area contributed by atoms with E-state index < -0.39 is 0 Å². The molecule has 2 unspecified atom stereocenters. The van der Waals surface area contributed by atoms with Crippen LogP contribution in [-0.4, -0.2) is 25.2 Å². The van der Waals surface area contributed by atoms with Gasteiger partial charge in [0.05, 0.1) is 0 Å². The average Bonchev–Trinajstić information content (AvgIpc) is 2.42. The molecule has 2 rings (SSSR count). The Balaban J connectivity index is 1.94. The van der Waals surface area contributed by atoms with E-state index in [2.05, 4.69) is 48.3 Å². The smallest absolute Gasteiger partial charge is 0.0367 e. The van der Waals surface area contributed by atoms with E-state index in [1.807, 2.05) is 0 Å². The van der Waals surface area contributed by atoms with Gasteiger partial charge in [-0.1, -0.05) is 0 Å². The molecule has 1 aromatic carbocycles. The Morgan fingerprint density at radius 1 is 1.16 bits per heavy atom. The SMILES string of the molecule is CCN(CC)c1ccc(NC2CCCC(N)C2)cc1. The van der Waals surface area contributed by atoms with Gasteiger partial charge in [-0.3, -0.25) is 0 Å². The fraction of sp³-hybridized carbons (Fsp3) is 0.625. The van der Waals surface area contributed by atoms with Crippen LogP contribution in [0.4, 0.5) is 11.4 Å². The van der Waals surface area contributed by atoms with E-state index in [-0.39, 0.29) is 0 Å². The van der Waals surface area contributed by atoms with Gasteiger partial charge in [0.15, 0.2) is 0 Å². The maximum Gasteiger partial charge on any atom is 0.0367 e. The molecule has 0 radical (unpaired) electrons. The van der Waals surface area contributed by atoms with Crippen LogP contribution in [0.25, 0.3) is 0 Å². The standard InChI is InChI=1S/C16H27N3/c1-3-19(4-2)16-10-8-14(9-11-16)18-15-7-5-6-13(17)12-15/h8-11,13,15,18H,3-7,12,17H2,1-2H3. The number of anilines is 2. The maximum absolute atomic E-state index is 6.03. The quantitative estimate of drug-likeness (QED) is 0.855. The summed E-state index contributed by atoms with van der Waals surface area (Å²) in [7, 11) is 0. The fourth-order valence-corrected chi connectivity index (χ4v) is 2.95. The van der Waals surface area contributed by atoms with Crippen LogP contribution in [-0.2, 0) is 0 Å². The Bertz CT molecular complexity index is 370. The normalized spacial score (nSPS) is 23.1. The summed E-state index contributed by atoms with van der Waals surface area (Å²) < 4.78 is 0. The summed E-state index contributed by atoms with van der Waals surface area (Å²) in [6.07, 6.45) is 4.76.